The zero-order valence-electron chi connectivity index (χ0n) is 12.1. The van der Waals surface area contributed by atoms with Crippen molar-refractivity contribution in [3.8, 4) is 0 Å². The van der Waals surface area contributed by atoms with Crippen molar-refractivity contribution in [1.82, 2.24) is 9.78 Å². The molecule has 1 amide bonds. The highest BCUT2D eigenvalue weighted by molar-refractivity contribution is 6.05. The number of benzene rings is 1. The van der Waals surface area contributed by atoms with Gasteiger partial charge in [0.2, 0.25) is 0 Å². The van der Waals surface area contributed by atoms with Gasteiger partial charge in [-0.25, -0.2) is 0 Å². The fourth-order valence-corrected chi connectivity index (χ4v) is 2.76. The van der Waals surface area contributed by atoms with Gasteiger partial charge in [0, 0.05) is 12.2 Å². The van der Waals surface area contributed by atoms with Crippen molar-refractivity contribution in [2.24, 2.45) is 0 Å². The number of carboxylic acids is 1. The molecule has 0 radical (unpaired) electrons. The summed E-state index contributed by atoms with van der Waals surface area (Å²) in [6, 6.07) is 6.95. The largest absolute Gasteiger partial charge is 0.481 e. The van der Waals surface area contributed by atoms with Crippen LogP contribution in [0.1, 0.15) is 34.5 Å². The number of amides is 1. The zero-order valence-corrected chi connectivity index (χ0v) is 12.1. The normalized spacial score (nSPS) is 13.5. The lowest BCUT2D eigenvalue weighted by molar-refractivity contribution is -0.136. The van der Waals surface area contributed by atoms with Crippen LogP contribution in [0.25, 0.3) is 0 Å². The predicted octanol–water partition coefficient (Wildman–Crippen LogP) is 2.10. The average Bonchev–Trinajstić information content (AvgIpc) is 2.93. The Morgan fingerprint density at radius 3 is 2.91 bits per heavy atom. The number of aromatic nitrogens is 2. The van der Waals surface area contributed by atoms with Crippen LogP contribution in [0.2, 0.25) is 0 Å². The Morgan fingerprint density at radius 1 is 1.27 bits per heavy atom. The molecule has 3 rings (SSSR count). The van der Waals surface area contributed by atoms with Gasteiger partial charge in [0.05, 0.1) is 23.9 Å². The van der Waals surface area contributed by atoms with E-state index in [-0.39, 0.29) is 12.3 Å². The first kappa shape index (κ1) is 14.3. The van der Waals surface area contributed by atoms with Crippen LogP contribution in [0.15, 0.2) is 30.5 Å². The molecular formula is C16H17N3O3. The number of aryl methyl sites for hydroxylation is 1. The van der Waals surface area contributed by atoms with Gasteiger partial charge in [-0.05, 0) is 30.9 Å². The van der Waals surface area contributed by atoms with Crippen LogP contribution in [-0.4, -0.2) is 26.8 Å². The molecule has 0 atom stereocenters. The molecule has 6 heteroatoms. The second-order valence-electron chi connectivity index (χ2n) is 5.37. The number of carbonyl (C=O) groups is 2. The Labute approximate surface area is 127 Å². The minimum Gasteiger partial charge on any atom is -0.481 e. The Morgan fingerprint density at radius 2 is 2.09 bits per heavy atom. The number of hydrogen-bond acceptors (Lipinski definition) is 3. The number of fused-ring (bicyclic) bond motifs is 1. The summed E-state index contributed by atoms with van der Waals surface area (Å²) < 4.78 is 1.88. The maximum Gasteiger partial charge on any atom is 0.307 e. The molecule has 1 aromatic carbocycles. The molecule has 1 aliphatic heterocycles. The predicted molar refractivity (Wildman–Crippen MR) is 80.9 cm³/mol. The van der Waals surface area contributed by atoms with Crippen molar-refractivity contribution in [2.75, 3.05) is 5.32 Å². The van der Waals surface area contributed by atoms with Crippen molar-refractivity contribution < 1.29 is 14.7 Å². The summed E-state index contributed by atoms with van der Waals surface area (Å²) in [6.07, 6.45) is 4.46. The quantitative estimate of drug-likeness (QED) is 0.905. The van der Waals surface area contributed by atoms with Crippen LogP contribution < -0.4 is 5.32 Å². The number of rotatable bonds is 4. The third kappa shape index (κ3) is 2.86. The Bertz CT molecular complexity index is 721. The van der Waals surface area contributed by atoms with Gasteiger partial charge in [-0.1, -0.05) is 18.2 Å². The standard InChI is InChI=1S/C16H17N3O3/c20-15(21)9-11-5-1-2-6-13(11)18-16(22)12-10-17-19-8-4-3-7-14(12)19/h1-2,5-6,10H,3-4,7-9H2,(H,18,22)(H,20,21). The number of anilines is 1. The number of hydrogen-bond donors (Lipinski definition) is 2. The zero-order chi connectivity index (χ0) is 15.5. The van der Waals surface area contributed by atoms with Gasteiger partial charge in [-0.2, -0.15) is 5.10 Å². The molecule has 0 saturated heterocycles. The summed E-state index contributed by atoms with van der Waals surface area (Å²) in [5, 5.41) is 16.0. The molecule has 2 heterocycles. The SMILES string of the molecule is O=C(O)Cc1ccccc1NC(=O)c1cnn2c1CCCC2. The molecule has 0 fully saturated rings. The third-order valence-electron chi connectivity index (χ3n) is 3.83. The van der Waals surface area contributed by atoms with Gasteiger partial charge < -0.3 is 10.4 Å². The van der Waals surface area contributed by atoms with Crippen LogP contribution in [-0.2, 0) is 24.2 Å². The van der Waals surface area contributed by atoms with E-state index in [1.54, 1.807) is 30.5 Å². The first-order valence-electron chi connectivity index (χ1n) is 7.31. The molecule has 6 nitrogen and oxygen atoms in total. The maximum absolute atomic E-state index is 12.5. The highest BCUT2D eigenvalue weighted by atomic mass is 16.4. The van der Waals surface area contributed by atoms with Gasteiger partial charge in [0.1, 0.15) is 0 Å². The van der Waals surface area contributed by atoms with Crippen LogP contribution in [0.5, 0.6) is 0 Å². The van der Waals surface area contributed by atoms with Gasteiger partial charge in [0.25, 0.3) is 5.91 Å². The van der Waals surface area contributed by atoms with E-state index in [2.05, 4.69) is 10.4 Å². The number of aliphatic carboxylic acids is 1. The number of para-hydroxylation sites is 1. The molecule has 22 heavy (non-hydrogen) atoms. The minimum absolute atomic E-state index is 0.122. The minimum atomic E-state index is -0.926. The van der Waals surface area contributed by atoms with E-state index >= 15 is 0 Å². The molecule has 1 aliphatic rings. The fraction of sp³-hybridized carbons (Fsp3) is 0.312. The highest BCUT2D eigenvalue weighted by Crippen LogP contribution is 2.21. The molecule has 2 N–H and O–H groups in total. The molecule has 0 unspecified atom stereocenters. The van der Waals surface area contributed by atoms with Gasteiger partial charge in [-0.15, -0.1) is 0 Å². The van der Waals surface area contributed by atoms with Crippen molar-refractivity contribution >= 4 is 17.6 Å². The Kier molecular flexibility index (Phi) is 3.91. The summed E-state index contributed by atoms with van der Waals surface area (Å²) in [6.45, 7) is 0.845. The second kappa shape index (κ2) is 6.01. The second-order valence-corrected chi connectivity index (χ2v) is 5.37. The summed E-state index contributed by atoms with van der Waals surface area (Å²) in [4.78, 5) is 23.4. The number of carbonyl (C=O) groups excluding carboxylic acids is 1. The van der Waals surface area contributed by atoms with E-state index in [9.17, 15) is 9.59 Å². The monoisotopic (exact) mass is 299 g/mol. The summed E-state index contributed by atoms with van der Waals surface area (Å²) in [5.41, 5.74) is 2.65. The molecule has 2 aromatic rings. The lowest BCUT2D eigenvalue weighted by atomic mass is 10.1. The summed E-state index contributed by atoms with van der Waals surface area (Å²) in [5.74, 6) is -1.16. The van der Waals surface area contributed by atoms with E-state index < -0.39 is 5.97 Å². The van der Waals surface area contributed by atoms with Crippen molar-refractivity contribution in [3.63, 3.8) is 0 Å². The van der Waals surface area contributed by atoms with E-state index in [0.29, 0.717) is 16.8 Å². The lowest BCUT2D eigenvalue weighted by Crippen LogP contribution is -2.18. The van der Waals surface area contributed by atoms with Crippen LogP contribution in [0.3, 0.4) is 0 Å². The van der Waals surface area contributed by atoms with Crippen molar-refractivity contribution in [1.29, 1.82) is 0 Å². The van der Waals surface area contributed by atoms with E-state index in [1.165, 1.54) is 0 Å². The molecular weight excluding hydrogens is 282 g/mol. The Balaban J connectivity index is 1.83. The lowest BCUT2D eigenvalue weighted by Gasteiger charge is -2.15. The molecule has 1 aromatic heterocycles. The van der Waals surface area contributed by atoms with E-state index in [0.717, 1.165) is 31.5 Å². The molecule has 0 aliphatic carbocycles. The van der Waals surface area contributed by atoms with Crippen LogP contribution in [0.4, 0.5) is 5.69 Å². The van der Waals surface area contributed by atoms with Crippen LogP contribution in [0, 0.1) is 0 Å². The fourth-order valence-electron chi connectivity index (χ4n) is 2.76. The molecule has 114 valence electrons. The van der Waals surface area contributed by atoms with E-state index in [1.807, 2.05) is 4.68 Å². The van der Waals surface area contributed by atoms with Gasteiger partial charge >= 0.3 is 5.97 Å². The Hall–Kier alpha value is -2.63. The number of nitrogens with zero attached hydrogens (tertiary/aromatic N) is 2. The van der Waals surface area contributed by atoms with Gasteiger partial charge in [0.15, 0.2) is 0 Å². The number of nitrogens with one attached hydrogen (secondary N) is 1. The molecule has 0 spiro atoms. The van der Waals surface area contributed by atoms with E-state index in [4.69, 9.17) is 5.11 Å². The molecule has 0 saturated carbocycles. The maximum atomic E-state index is 12.5. The topological polar surface area (TPSA) is 84.2 Å². The van der Waals surface area contributed by atoms with Crippen molar-refractivity contribution in [2.45, 2.75) is 32.2 Å². The average molecular weight is 299 g/mol. The smallest absolute Gasteiger partial charge is 0.307 e. The van der Waals surface area contributed by atoms with Gasteiger partial charge in [-0.3, -0.25) is 14.3 Å². The molecule has 0 bridgehead atoms. The third-order valence-corrected chi connectivity index (χ3v) is 3.83. The first-order chi connectivity index (χ1) is 10.6. The summed E-state index contributed by atoms with van der Waals surface area (Å²) >= 11 is 0. The van der Waals surface area contributed by atoms with Crippen LogP contribution >= 0.6 is 0 Å². The first-order valence-corrected chi connectivity index (χ1v) is 7.31. The van der Waals surface area contributed by atoms with Crippen molar-refractivity contribution in [3.05, 3.63) is 47.3 Å². The highest BCUT2D eigenvalue weighted by Gasteiger charge is 2.20. The summed E-state index contributed by atoms with van der Waals surface area (Å²) in [7, 11) is 0. The number of carboxylic acid groups (broad SMARTS) is 1.